The third kappa shape index (κ3) is 1.71. The van der Waals surface area contributed by atoms with Gasteiger partial charge in [-0.05, 0) is 12.5 Å². The monoisotopic (exact) mass is 242 g/mol. The van der Waals surface area contributed by atoms with Crippen molar-refractivity contribution in [1.29, 1.82) is 0 Å². The molecule has 18 heavy (non-hydrogen) atoms. The number of benzene rings is 1. The first-order valence-corrected chi connectivity index (χ1v) is 5.32. The molecular formula is C11H10N6O. The Morgan fingerprint density at radius 1 is 1.22 bits per heavy atom. The second kappa shape index (κ2) is 3.95. The first kappa shape index (κ1) is 10.5. The number of nitrogens with one attached hydrogen (secondary N) is 1. The number of H-pyrrole nitrogens is 1. The van der Waals surface area contributed by atoms with Crippen LogP contribution >= 0.6 is 0 Å². The standard InChI is InChI=1S/C11H10N6O/c1-6-4-2-3-5-7(6)8-13-10(18-17-8)9-14-11(12)16-15-9/h2-5H,1H3,(H3,12,14,15,16). The van der Waals surface area contributed by atoms with Gasteiger partial charge in [0.1, 0.15) is 0 Å². The maximum atomic E-state index is 5.41. The maximum absolute atomic E-state index is 5.41. The Morgan fingerprint density at radius 2 is 2.06 bits per heavy atom. The van der Waals surface area contributed by atoms with Crippen molar-refractivity contribution in [2.45, 2.75) is 6.92 Å². The second-order valence-corrected chi connectivity index (χ2v) is 3.78. The van der Waals surface area contributed by atoms with E-state index in [1.54, 1.807) is 0 Å². The fourth-order valence-corrected chi connectivity index (χ4v) is 1.62. The molecule has 3 aromatic rings. The molecule has 2 aromatic heterocycles. The van der Waals surface area contributed by atoms with E-state index in [0.29, 0.717) is 11.6 Å². The highest BCUT2D eigenvalue weighted by Gasteiger charge is 2.14. The average molecular weight is 242 g/mol. The summed E-state index contributed by atoms with van der Waals surface area (Å²) in [6, 6.07) is 7.79. The van der Waals surface area contributed by atoms with Crippen LogP contribution in [0.3, 0.4) is 0 Å². The molecule has 3 rings (SSSR count). The van der Waals surface area contributed by atoms with Gasteiger partial charge in [0.05, 0.1) is 0 Å². The predicted octanol–water partition coefficient (Wildman–Crippen LogP) is 1.41. The number of rotatable bonds is 2. The Kier molecular flexibility index (Phi) is 2.30. The molecule has 0 aliphatic heterocycles. The highest BCUT2D eigenvalue weighted by Crippen LogP contribution is 2.22. The highest BCUT2D eigenvalue weighted by atomic mass is 16.5. The van der Waals surface area contributed by atoms with E-state index >= 15 is 0 Å². The van der Waals surface area contributed by atoms with Crippen molar-refractivity contribution in [1.82, 2.24) is 25.3 Å². The number of aromatic nitrogens is 5. The van der Waals surface area contributed by atoms with Crippen LogP contribution in [0.25, 0.3) is 23.1 Å². The van der Waals surface area contributed by atoms with Crippen LogP contribution in [0.5, 0.6) is 0 Å². The van der Waals surface area contributed by atoms with Gasteiger partial charge in [0.15, 0.2) is 0 Å². The Labute approximate surface area is 102 Å². The Bertz CT molecular complexity index is 686. The fourth-order valence-electron chi connectivity index (χ4n) is 1.62. The molecular weight excluding hydrogens is 232 g/mol. The SMILES string of the molecule is Cc1ccccc1-c1noc(-c2nc(N)n[nH]2)n1. The van der Waals surface area contributed by atoms with Crippen molar-refractivity contribution in [3.8, 4) is 23.1 Å². The van der Waals surface area contributed by atoms with Gasteiger partial charge in [0.25, 0.3) is 5.89 Å². The van der Waals surface area contributed by atoms with Gasteiger partial charge < -0.3 is 10.3 Å². The lowest BCUT2D eigenvalue weighted by Crippen LogP contribution is -1.86. The van der Waals surface area contributed by atoms with E-state index in [2.05, 4.69) is 25.3 Å². The van der Waals surface area contributed by atoms with Gasteiger partial charge in [0, 0.05) is 5.56 Å². The van der Waals surface area contributed by atoms with Gasteiger partial charge in [-0.15, -0.1) is 5.10 Å². The number of nitrogens with zero attached hydrogens (tertiary/aromatic N) is 4. The zero-order chi connectivity index (χ0) is 12.5. The van der Waals surface area contributed by atoms with Crippen LogP contribution in [0.2, 0.25) is 0 Å². The summed E-state index contributed by atoms with van der Waals surface area (Å²) >= 11 is 0. The molecule has 3 N–H and O–H groups in total. The van der Waals surface area contributed by atoms with Crippen LogP contribution in [0, 0.1) is 6.92 Å². The summed E-state index contributed by atoms with van der Waals surface area (Å²) in [6.07, 6.45) is 0. The van der Waals surface area contributed by atoms with Crippen LogP contribution in [0.4, 0.5) is 5.95 Å². The van der Waals surface area contributed by atoms with Gasteiger partial charge >= 0.3 is 0 Å². The topological polar surface area (TPSA) is 107 Å². The number of nitrogens with two attached hydrogens (primary N) is 1. The first-order valence-electron chi connectivity index (χ1n) is 5.32. The predicted molar refractivity (Wildman–Crippen MR) is 64.3 cm³/mol. The van der Waals surface area contributed by atoms with Crippen molar-refractivity contribution < 1.29 is 4.52 Å². The minimum Gasteiger partial charge on any atom is -0.366 e. The van der Waals surface area contributed by atoms with Crippen LogP contribution in [0.1, 0.15) is 5.56 Å². The minimum atomic E-state index is 0.139. The zero-order valence-electron chi connectivity index (χ0n) is 9.58. The van der Waals surface area contributed by atoms with E-state index in [-0.39, 0.29) is 11.8 Å². The van der Waals surface area contributed by atoms with E-state index in [1.807, 2.05) is 31.2 Å². The van der Waals surface area contributed by atoms with Gasteiger partial charge in [-0.1, -0.05) is 29.4 Å². The molecule has 0 amide bonds. The third-order valence-corrected chi connectivity index (χ3v) is 2.52. The molecule has 90 valence electrons. The molecule has 0 saturated heterocycles. The minimum absolute atomic E-state index is 0.139. The Morgan fingerprint density at radius 3 is 2.78 bits per heavy atom. The molecule has 2 heterocycles. The molecule has 0 spiro atoms. The summed E-state index contributed by atoms with van der Waals surface area (Å²) in [5.41, 5.74) is 7.40. The number of nitrogen functional groups attached to an aromatic ring is 1. The molecule has 0 aliphatic rings. The summed E-state index contributed by atoms with van der Waals surface area (Å²) < 4.78 is 5.12. The largest absolute Gasteiger partial charge is 0.366 e. The molecule has 0 unspecified atom stereocenters. The lowest BCUT2D eigenvalue weighted by Gasteiger charge is -1.97. The van der Waals surface area contributed by atoms with Gasteiger partial charge in [-0.3, -0.25) is 5.10 Å². The summed E-state index contributed by atoms with van der Waals surface area (Å²) in [6.45, 7) is 1.98. The molecule has 0 saturated carbocycles. The lowest BCUT2D eigenvalue weighted by molar-refractivity contribution is 0.429. The molecule has 0 atom stereocenters. The first-order chi connectivity index (χ1) is 8.74. The maximum Gasteiger partial charge on any atom is 0.295 e. The second-order valence-electron chi connectivity index (χ2n) is 3.78. The number of hydrogen-bond acceptors (Lipinski definition) is 6. The highest BCUT2D eigenvalue weighted by molar-refractivity contribution is 5.60. The molecule has 0 fully saturated rings. The zero-order valence-corrected chi connectivity index (χ0v) is 9.58. The van der Waals surface area contributed by atoms with E-state index in [1.165, 1.54) is 0 Å². The number of aryl methyl sites for hydroxylation is 1. The van der Waals surface area contributed by atoms with Crippen molar-refractivity contribution >= 4 is 5.95 Å². The Balaban J connectivity index is 2.02. The smallest absolute Gasteiger partial charge is 0.295 e. The van der Waals surface area contributed by atoms with Crippen LogP contribution in [0.15, 0.2) is 28.8 Å². The molecule has 7 heteroatoms. The number of hydrogen-bond donors (Lipinski definition) is 2. The summed E-state index contributed by atoms with van der Waals surface area (Å²) in [5, 5.41) is 10.2. The van der Waals surface area contributed by atoms with Gasteiger partial charge in [-0.25, -0.2) is 0 Å². The normalized spacial score (nSPS) is 10.7. The lowest BCUT2D eigenvalue weighted by atomic mass is 10.1. The molecule has 1 aromatic carbocycles. The van der Waals surface area contributed by atoms with E-state index in [9.17, 15) is 0 Å². The van der Waals surface area contributed by atoms with Crippen molar-refractivity contribution in [3.05, 3.63) is 29.8 Å². The Hall–Kier alpha value is -2.70. The molecule has 0 radical (unpaired) electrons. The van der Waals surface area contributed by atoms with Crippen molar-refractivity contribution in [2.24, 2.45) is 0 Å². The van der Waals surface area contributed by atoms with Crippen LogP contribution in [-0.2, 0) is 0 Å². The summed E-state index contributed by atoms with van der Waals surface area (Å²) in [5.74, 6) is 1.27. The molecule has 0 bridgehead atoms. The summed E-state index contributed by atoms with van der Waals surface area (Å²) in [7, 11) is 0. The summed E-state index contributed by atoms with van der Waals surface area (Å²) in [4.78, 5) is 8.18. The molecule has 0 aliphatic carbocycles. The number of anilines is 1. The fraction of sp³-hybridized carbons (Fsp3) is 0.0909. The number of aromatic amines is 1. The van der Waals surface area contributed by atoms with Gasteiger partial charge in [0.2, 0.25) is 17.6 Å². The average Bonchev–Trinajstić information content (AvgIpc) is 2.98. The van der Waals surface area contributed by atoms with Crippen LogP contribution in [-0.4, -0.2) is 25.3 Å². The molecule has 7 nitrogen and oxygen atoms in total. The third-order valence-electron chi connectivity index (χ3n) is 2.52. The quantitative estimate of drug-likeness (QED) is 0.703. The van der Waals surface area contributed by atoms with Gasteiger partial charge in [-0.2, -0.15) is 9.97 Å². The van der Waals surface area contributed by atoms with E-state index < -0.39 is 0 Å². The van der Waals surface area contributed by atoms with E-state index in [4.69, 9.17) is 10.3 Å². The van der Waals surface area contributed by atoms with Crippen molar-refractivity contribution in [2.75, 3.05) is 5.73 Å². The van der Waals surface area contributed by atoms with Crippen LogP contribution < -0.4 is 5.73 Å². The van der Waals surface area contributed by atoms with E-state index in [0.717, 1.165) is 11.1 Å². The van der Waals surface area contributed by atoms with Crippen molar-refractivity contribution in [3.63, 3.8) is 0 Å².